The van der Waals surface area contributed by atoms with E-state index in [4.69, 9.17) is 4.74 Å². The van der Waals surface area contributed by atoms with E-state index in [2.05, 4.69) is 24.1 Å². The molecule has 1 aromatic heterocycles. The highest BCUT2D eigenvalue weighted by Gasteiger charge is 2.57. The van der Waals surface area contributed by atoms with E-state index in [-0.39, 0.29) is 17.5 Å². The van der Waals surface area contributed by atoms with Crippen LogP contribution in [0.5, 0.6) is 0 Å². The summed E-state index contributed by atoms with van der Waals surface area (Å²) in [5.41, 5.74) is 1.60. The fourth-order valence-electron chi connectivity index (χ4n) is 4.41. The summed E-state index contributed by atoms with van der Waals surface area (Å²) < 4.78 is 5.45. The van der Waals surface area contributed by atoms with E-state index in [1.807, 2.05) is 17.0 Å². The van der Waals surface area contributed by atoms with Gasteiger partial charge in [-0.15, -0.1) is 0 Å². The van der Waals surface area contributed by atoms with Crippen LogP contribution in [0.2, 0.25) is 0 Å². The molecule has 0 bridgehead atoms. The van der Waals surface area contributed by atoms with Crippen LogP contribution >= 0.6 is 0 Å². The Kier molecular flexibility index (Phi) is 3.38. The van der Waals surface area contributed by atoms with Crippen molar-refractivity contribution in [1.82, 2.24) is 15.2 Å². The maximum atomic E-state index is 12.7. The maximum absolute atomic E-state index is 12.7. The van der Waals surface area contributed by atoms with Crippen LogP contribution in [-0.2, 0) is 4.74 Å². The molecule has 2 unspecified atom stereocenters. The average Bonchev–Trinajstić information content (AvgIpc) is 3.17. The molecule has 124 valence electrons. The molecule has 1 N–H and O–H groups in total. The molecule has 3 heterocycles. The second-order valence-corrected chi connectivity index (χ2v) is 7.98. The Morgan fingerprint density at radius 2 is 2.00 bits per heavy atom. The van der Waals surface area contributed by atoms with Gasteiger partial charge >= 0.3 is 6.03 Å². The molecule has 2 aliphatic heterocycles. The largest absolute Gasteiger partial charge is 0.381 e. The van der Waals surface area contributed by atoms with Crippen molar-refractivity contribution in [1.29, 1.82) is 0 Å². The van der Waals surface area contributed by atoms with Crippen molar-refractivity contribution in [2.75, 3.05) is 19.8 Å². The number of nitrogens with zero attached hydrogens (tertiary/aromatic N) is 2. The van der Waals surface area contributed by atoms with Gasteiger partial charge in [0.2, 0.25) is 0 Å². The Balaban J connectivity index is 1.43. The van der Waals surface area contributed by atoms with Gasteiger partial charge in [-0.2, -0.15) is 0 Å². The molecule has 2 saturated heterocycles. The van der Waals surface area contributed by atoms with Crippen molar-refractivity contribution in [2.24, 2.45) is 10.8 Å². The first-order chi connectivity index (χ1) is 11.0. The smallest absolute Gasteiger partial charge is 0.318 e. The SMILES string of the molecule is CC1(C)CN(C(=O)NC2CC23CCOCC3)C1c1ccncc1. The Labute approximate surface area is 137 Å². The number of urea groups is 1. The number of carbonyl (C=O) groups excluding carboxylic acids is 1. The molecular formula is C18H25N3O2. The van der Waals surface area contributed by atoms with Crippen LogP contribution in [0.1, 0.15) is 44.7 Å². The monoisotopic (exact) mass is 315 g/mol. The van der Waals surface area contributed by atoms with Crippen LogP contribution in [0.25, 0.3) is 0 Å². The fourth-order valence-corrected chi connectivity index (χ4v) is 4.41. The van der Waals surface area contributed by atoms with Crippen LogP contribution in [0.15, 0.2) is 24.5 Å². The van der Waals surface area contributed by atoms with Crippen molar-refractivity contribution in [3.05, 3.63) is 30.1 Å². The summed E-state index contributed by atoms with van der Waals surface area (Å²) in [5, 5.41) is 3.27. The molecule has 2 amide bonds. The van der Waals surface area contributed by atoms with Crippen molar-refractivity contribution >= 4 is 6.03 Å². The van der Waals surface area contributed by atoms with E-state index in [1.54, 1.807) is 12.4 Å². The first-order valence-corrected chi connectivity index (χ1v) is 8.57. The predicted octanol–water partition coefficient (Wildman–Crippen LogP) is 2.74. The lowest BCUT2D eigenvalue weighted by atomic mass is 9.72. The van der Waals surface area contributed by atoms with Crippen molar-refractivity contribution in [3.63, 3.8) is 0 Å². The summed E-state index contributed by atoms with van der Waals surface area (Å²) in [5.74, 6) is 0. The normalized spacial score (nSPS) is 30.6. The fraction of sp³-hybridized carbons (Fsp3) is 0.667. The molecule has 0 aromatic carbocycles. The lowest BCUT2D eigenvalue weighted by Crippen LogP contribution is -2.60. The van der Waals surface area contributed by atoms with Gasteiger partial charge in [-0.1, -0.05) is 13.8 Å². The van der Waals surface area contributed by atoms with Crippen LogP contribution in [0.4, 0.5) is 4.79 Å². The van der Waals surface area contributed by atoms with Crippen LogP contribution < -0.4 is 5.32 Å². The Morgan fingerprint density at radius 1 is 1.30 bits per heavy atom. The van der Waals surface area contributed by atoms with Gasteiger partial charge in [-0.05, 0) is 42.4 Å². The summed E-state index contributed by atoms with van der Waals surface area (Å²) >= 11 is 0. The van der Waals surface area contributed by atoms with Gasteiger partial charge in [-0.25, -0.2) is 4.79 Å². The van der Waals surface area contributed by atoms with Gasteiger partial charge in [0.05, 0.1) is 6.04 Å². The lowest BCUT2D eigenvalue weighted by molar-refractivity contribution is -0.0174. The third-order valence-electron chi connectivity index (χ3n) is 5.89. The van der Waals surface area contributed by atoms with Crippen LogP contribution in [-0.4, -0.2) is 41.7 Å². The van der Waals surface area contributed by atoms with Crippen molar-refractivity contribution in [3.8, 4) is 0 Å². The van der Waals surface area contributed by atoms with Crippen molar-refractivity contribution in [2.45, 2.75) is 45.2 Å². The number of ether oxygens (including phenoxy) is 1. The number of amides is 2. The standard InChI is InChI=1S/C18H25N3O2/c1-17(2)12-21(15(17)13-3-7-19-8-4-13)16(22)20-14-11-18(14)5-9-23-10-6-18/h3-4,7-8,14-15H,5-6,9-12H2,1-2H3,(H,20,22). The molecule has 0 radical (unpaired) electrons. The molecule has 1 saturated carbocycles. The van der Waals surface area contributed by atoms with E-state index < -0.39 is 0 Å². The Hall–Kier alpha value is -1.62. The molecule has 1 spiro atoms. The quantitative estimate of drug-likeness (QED) is 0.913. The molecule has 4 rings (SSSR count). The van der Waals surface area contributed by atoms with Crippen LogP contribution in [0, 0.1) is 10.8 Å². The predicted molar refractivity (Wildman–Crippen MR) is 86.9 cm³/mol. The van der Waals surface area contributed by atoms with E-state index in [0.29, 0.717) is 11.5 Å². The number of rotatable bonds is 2. The van der Waals surface area contributed by atoms with Gasteiger partial charge < -0.3 is 15.0 Å². The molecule has 5 heteroatoms. The molecule has 2 atom stereocenters. The van der Waals surface area contributed by atoms with Gasteiger partial charge in [0.15, 0.2) is 0 Å². The molecule has 1 aliphatic carbocycles. The minimum atomic E-state index is 0.0829. The number of carbonyl (C=O) groups is 1. The number of aromatic nitrogens is 1. The van der Waals surface area contributed by atoms with Crippen LogP contribution in [0.3, 0.4) is 0 Å². The first-order valence-electron chi connectivity index (χ1n) is 8.57. The summed E-state index contributed by atoms with van der Waals surface area (Å²) in [6.45, 7) is 6.91. The minimum absolute atomic E-state index is 0.0829. The van der Waals surface area contributed by atoms with Gasteiger partial charge in [0, 0.05) is 43.6 Å². The topological polar surface area (TPSA) is 54.5 Å². The summed E-state index contributed by atoms with van der Waals surface area (Å²) in [7, 11) is 0. The minimum Gasteiger partial charge on any atom is -0.381 e. The number of nitrogens with one attached hydrogen (secondary N) is 1. The third kappa shape index (κ3) is 2.51. The average molecular weight is 315 g/mol. The third-order valence-corrected chi connectivity index (χ3v) is 5.89. The van der Waals surface area contributed by atoms with E-state index in [9.17, 15) is 4.79 Å². The Bertz CT molecular complexity index is 596. The molecule has 3 aliphatic rings. The van der Waals surface area contributed by atoms with Gasteiger partial charge in [-0.3, -0.25) is 4.98 Å². The number of pyridine rings is 1. The molecule has 1 aromatic rings. The van der Waals surface area contributed by atoms with E-state index >= 15 is 0 Å². The zero-order valence-corrected chi connectivity index (χ0v) is 13.9. The number of likely N-dealkylation sites (tertiary alicyclic amines) is 1. The summed E-state index contributed by atoms with van der Waals surface area (Å²) in [6, 6.07) is 4.58. The van der Waals surface area contributed by atoms with E-state index in [1.165, 1.54) is 5.56 Å². The highest BCUT2D eigenvalue weighted by molar-refractivity contribution is 5.77. The van der Waals surface area contributed by atoms with E-state index in [0.717, 1.165) is 39.0 Å². The van der Waals surface area contributed by atoms with Crippen molar-refractivity contribution < 1.29 is 9.53 Å². The molecule has 23 heavy (non-hydrogen) atoms. The lowest BCUT2D eigenvalue weighted by Gasteiger charge is -2.54. The molecule has 5 nitrogen and oxygen atoms in total. The zero-order chi connectivity index (χ0) is 16.1. The highest BCUT2D eigenvalue weighted by Crippen LogP contribution is 2.54. The second-order valence-electron chi connectivity index (χ2n) is 7.98. The summed E-state index contributed by atoms with van der Waals surface area (Å²) in [6.07, 6.45) is 6.88. The Morgan fingerprint density at radius 3 is 2.65 bits per heavy atom. The molecule has 3 fully saturated rings. The van der Waals surface area contributed by atoms with Gasteiger partial charge in [0.1, 0.15) is 0 Å². The zero-order valence-electron chi connectivity index (χ0n) is 13.9. The number of hydrogen-bond acceptors (Lipinski definition) is 3. The van der Waals surface area contributed by atoms with Gasteiger partial charge in [0.25, 0.3) is 0 Å². The highest BCUT2D eigenvalue weighted by atomic mass is 16.5. The maximum Gasteiger partial charge on any atom is 0.318 e. The first kappa shape index (κ1) is 14.9. The molecular weight excluding hydrogens is 290 g/mol. The number of hydrogen-bond donors (Lipinski definition) is 1. The summed E-state index contributed by atoms with van der Waals surface area (Å²) in [4.78, 5) is 18.8. The second kappa shape index (κ2) is 5.20.